The number of carbonyl (C=O) groups excluding carboxylic acids is 3. The van der Waals surface area contributed by atoms with Gasteiger partial charge in [0, 0.05) is 63.2 Å². The van der Waals surface area contributed by atoms with Crippen LogP contribution in [0.25, 0.3) is 0 Å². The Bertz CT molecular complexity index is 1250. The molecule has 0 aliphatic carbocycles. The largest absolute Gasteiger partial charge is 0.416 e. The molecule has 2 N–H and O–H groups in total. The lowest BCUT2D eigenvalue weighted by atomic mass is 9.81. The fourth-order valence-corrected chi connectivity index (χ4v) is 5.73. The Labute approximate surface area is 213 Å². The van der Waals surface area contributed by atoms with Crippen molar-refractivity contribution in [3.63, 3.8) is 0 Å². The molecule has 9 nitrogen and oxygen atoms in total. The second-order valence-corrected chi connectivity index (χ2v) is 10.6. The third kappa shape index (κ3) is 4.81. The van der Waals surface area contributed by atoms with E-state index in [4.69, 9.17) is 0 Å². The number of likely N-dealkylation sites (tertiary alicyclic amines) is 2. The first-order chi connectivity index (χ1) is 17.4. The molecule has 3 aliphatic heterocycles. The van der Waals surface area contributed by atoms with Crippen LogP contribution < -0.4 is 15.5 Å². The van der Waals surface area contributed by atoms with Gasteiger partial charge in [-0.15, -0.1) is 0 Å². The third-order valence-corrected chi connectivity index (χ3v) is 7.87. The Kier molecular flexibility index (Phi) is 6.24. The van der Waals surface area contributed by atoms with Gasteiger partial charge in [-0.2, -0.15) is 17.6 Å². The summed E-state index contributed by atoms with van der Waals surface area (Å²) < 4.78 is 53.9. The molecule has 3 aliphatic rings. The number of fused-ring (bicyclic) bond motifs is 2. The van der Waals surface area contributed by atoms with Crippen molar-refractivity contribution in [2.45, 2.75) is 24.9 Å². The number of thiazole rings is 1. The van der Waals surface area contributed by atoms with Crippen LogP contribution in [0.2, 0.25) is 0 Å². The first-order valence-corrected chi connectivity index (χ1v) is 12.5. The number of carbonyl (C=O) groups is 3. The molecule has 0 radical (unpaired) electrons. The van der Waals surface area contributed by atoms with E-state index in [0.717, 1.165) is 18.3 Å². The fourth-order valence-electron chi connectivity index (χ4n) is 5.19. The van der Waals surface area contributed by atoms with E-state index in [-0.39, 0.29) is 36.1 Å². The van der Waals surface area contributed by atoms with Crippen LogP contribution in [-0.4, -0.2) is 72.0 Å². The van der Waals surface area contributed by atoms with Crippen molar-refractivity contribution in [1.29, 1.82) is 0 Å². The molecule has 4 heterocycles. The number of aromatic nitrogens is 1. The Morgan fingerprint density at radius 1 is 1.16 bits per heavy atom. The minimum atomic E-state index is -4.57. The molecule has 2 saturated heterocycles. The number of nitrogens with zero attached hydrogens (tertiary/aromatic N) is 4. The lowest BCUT2D eigenvalue weighted by Gasteiger charge is -2.38. The van der Waals surface area contributed by atoms with Crippen LogP contribution in [0.3, 0.4) is 0 Å². The molecule has 5 amide bonds. The van der Waals surface area contributed by atoms with Crippen molar-refractivity contribution in [1.82, 2.24) is 20.1 Å². The SMILES string of the molecule is CC(=O)N1CC(CNC(=O)N2CCC3(C2)CN(C(=O)Nc2ncc(F)s2)c2ccc(C(F)(F)F)cc23)C1. The molecule has 1 unspecified atom stereocenters. The number of benzene rings is 1. The predicted molar refractivity (Wildman–Crippen MR) is 127 cm³/mol. The van der Waals surface area contributed by atoms with E-state index in [1.807, 2.05) is 0 Å². The maximum atomic E-state index is 13.5. The van der Waals surface area contributed by atoms with Crippen molar-refractivity contribution >= 4 is 40.1 Å². The van der Waals surface area contributed by atoms with Gasteiger partial charge in [0.1, 0.15) is 0 Å². The van der Waals surface area contributed by atoms with Crippen LogP contribution in [0.15, 0.2) is 24.4 Å². The highest BCUT2D eigenvalue weighted by Crippen LogP contribution is 2.48. The normalized spacial score (nSPS) is 21.3. The van der Waals surface area contributed by atoms with Gasteiger partial charge in [0.2, 0.25) is 5.91 Å². The van der Waals surface area contributed by atoms with Crippen LogP contribution >= 0.6 is 11.3 Å². The van der Waals surface area contributed by atoms with Crippen molar-refractivity contribution in [2.24, 2.45) is 5.92 Å². The number of nitrogens with one attached hydrogen (secondary N) is 2. The maximum absolute atomic E-state index is 13.5. The topological polar surface area (TPSA) is 97.9 Å². The third-order valence-electron chi connectivity index (χ3n) is 7.17. The van der Waals surface area contributed by atoms with E-state index < -0.39 is 28.3 Å². The molecule has 0 saturated carbocycles. The number of hydrogen-bond donors (Lipinski definition) is 2. The molecule has 1 atom stereocenters. The molecular formula is C23H24F4N6O3S. The summed E-state index contributed by atoms with van der Waals surface area (Å²) in [6.45, 7) is 3.51. The zero-order valence-corrected chi connectivity index (χ0v) is 20.6. The number of rotatable bonds is 3. The van der Waals surface area contributed by atoms with E-state index >= 15 is 0 Å². The number of alkyl halides is 3. The Morgan fingerprint density at radius 2 is 1.92 bits per heavy atom. The van der Waals surface area contributed by atoms with E-state index in [2.05, 4.69) is 15.6 Å². The maximum Gasteiger partial charge on any atom is 0.416 e. The van der Waals surface area contributed by atoms with Gasteiger partial charge in [-0.05, 0) is 30.2 Å². The smallest absolute Gasteiger partial charge is 0.342 e. The Hall–Kier alpha value is -3.42. The second kappa shape index (κ2) is 9.15. The van der Waals surface area contributed by atoms with Crippen LogP contribution in [-0.2, 0) is 16.4 Å². The summed E-state index contributed by atoms with van der Waals surface area (Å²) in [6, 6.07) is 2.25. The van der Waals surface area contributed by atoms with Gasteiger partial charge in [0.05, 0.1) is 11.8 Å². The molecular weight excluding hydrogens is 516 g/mol. The number of halogens is 4. The summed E-state index contributed by atoms with van der Waals surface area (Å²) in [7, 11) is 0. The van der Waals surface area contributed by atoms with Crippen molar-refractivity contribution in [3.8, 4) is 0 Å². The lowest BCUT2D eigenvalue weighted by Crippen LogP contribution is -2.54. The number of urea groups is 2. The van der Waals surface area contributed by atoms with E-state index in [1.165, 1.54) is 17.9 Å². The molecule has 2 aromatic rings. The lowest BCUT2D eigenvalue weighted by molar-refractivity contribution is -0.137. The quantitative estimate of drug-likeness (QED) is 0.583. The van der Waals surface area contributed by atoms with Crippen molar-refractivity contribution in [3.05, 3.63) is 40.7 Å². The number of hydrogen-bond acceptors (Lipinski definition) is 5. The molecule has 1 aromatic carbocycles. The molecule has 1 spiro atoms. The zero-order valence-electron chi connectivity index (χ0n) is 19.8. The summed E-state index contributed by atoms with van der Waals surface area (Å²) in [5.74, 6) is 0.136. The summed E-state index contributed by atoms with van der Waals surface area (Å²) in [5, 5.41) is 4.80. The molecule has 198 valence electrons. The van der Waals surface area contributed by atoms with Gasteiger partial charge in [-0.25, -0.2) is 14.6 Å². The van der Waals surface area contributed by atoms with Crippen molar-refractivity contribution < 1.29 is 31.9 Å². The average Bonchev–Trinajstić information content (AvgIpc) is 3.50. The van der Waals surface area contributed by atoms with Crippen LogP contribution in [0.1, 0.15) is 24.5 Å². The first kappa shape index (κ1) is 25.2. The van der Waals surface area contributed by atoms with Crippen LogP contribution in [0.4, 0.5) is 38.0 Å². The summed E-state index contributed by atoms with van der Waals surface area (Å²) >= 11 is 0.638. The van der Waals surface area contributed by atoms with E-state index in [9.17, 15) is 31.9 Å². The van der Waals surface area contributed by atoms with E-state index in [0.29, 0.717) is 55.2 Å². The van der Waals surface area contributed by atoms with Gasteiger partial charge < -0.3 is 15.1 Å². The molecule has 0 bridgehead atoms. The standard InChI is InChI=1S/C23H24F4N6O3S/c1-13(34)32-9-14(10-32)7-29-20(35)31-5-4-22(11-31)12-33(21(36)30-19-28-8-18(24)37-19)17-3-2-15(6-16(17)22)23(25,26)27/h2-3,6,8,14H,4-5,7,9-12H2,1H3,(H,29,35)(H,28,30,36). The highest BCUT2D eigenvalue weighted by molar-refractivity contribution is 7.14. The fraction of sp³-hybridized carbons (Fsp3) is 0.478. The van der Waals surface area contributed by atoms with Gasteiger partial charge in [-0.1, -0.05) is 11.3 Å². The summed E-state index contributed by atoms with van der Waals surface area (Å²) in [5.41, 5.74) is -1.07. The van der Waals surface area contributed by atoms with Gasteiger partial charge in [0.25, 0.3) is 0 Å². The minimum absolute atomic E-state index is 0.0178. The molecule has 14 heteroatoms. The molecule has 37 heavy (non-hydrogen) atoms. The summed E-state index contributed by atoms with van der Waals surface area (Å²) in [6.07, 6.45) is -3.24. The molecule has 5 rings (SSSR count). The first-order valence-electron chi connectivity index (χ1n) is 11.6. The second-order valence-electron chi connectivity index (χ2n) is 9.64. The number of amides is 5. The monoisotopic (exact) mass is 540 g/mol. The van der Waals surface area contributed by atoms with E-state index in [1.54, 1.807) is 9.80 Å². The van der Waals surface area contributed by atoms with Gasteiger partial charge in [0.15, 0.2) is 10.3 Å². The Balaban J connectivity index is 1.33. The van der Waals surface area contributed by atoms with Gasteiger partial charge in [-0.3, -0.25) is 15.0 Å². The average molecular weight is 541 g/mol. The van der Waals surface area contributed by atoms with Gasteiger partial charge >= 0.3 is 18.2 Å². The molecule has 2 fully saturated rings. The highest BCUT2D eigenvalue weighted by atomic mass is 32.1. The highest BCUT2D eigenvalue weighted by Gasteiger charge is 2.51. The van der Waals surface area contributed by atoms with Crippen molar-refractivity contribution in [2.75, 3.05) is 49.5 Å². The number of anilines is 2. The zero-order chi connectivity index (χ0) is 26.5. The Morgan fingerprint density at radius 3 is 2.57 bits per heavy atom. The molecule has 1 aromatic heterocycles. The minimum Gasteiger partial charge on any atom is -0.342 e. The van der Waals surface area contributed by atoms with Crippen LogP contribution in [0, 0.1) is 11.0 Å². The summed E-state index contributed by atoms with van der Waals surface area (Å²) in [4.78, 5) is 45.5. The predicted octanol–water partition coefficient (Wildman–Crippen LogP) is 3.48. The van der Waals surface area contributed by atoms with Crippen LogP contribution in [0.5, 0.6) is 0 Å².